The second-order valence-electron chi connectivity index (χ2n) is 4.94. The molecule has 0 fully saturated rings. The van der Waals surface area contributed by atoms with Crippen LogP contribution in [0.2, 0.25) is 5.02 Å². The van der Waals surface area contributed by atoms with Gasteiger partial charge in [0.25, 0.3) is 5.91 Å². The summed E-state index contributed by atoms with van der Waals surface area (Å²) < 4.78 is 5.01. The van der Waals surface area contributed by atoms with E-state index in [2.05, 4.69) is 17.3 Å². The van der Waals surface area contributed by atoms with Crippen molar-refractivity contribution in [3.63, 3.8) is 0 Å². The number of aromatic hydroxyl groups is 1. The predicted molar refractivity (Wildman–Crippen MR) is 93.0 cm³/mol. The van der Waals surface area contributed by atoms with Crippen molar-refractivity contribution in [2.24, 2.45) is 5.84 Å². The number of carbonyl (C=O) groups is 2. The standard InChI is InChI=1S/C18H15ClN2O4/c19-15-11-14(8-9-16(15)22)18(24)25-10-2-1-3-12-4-6-13(7-5-12)17(23)21-20/h4-9,11,22H,3,10,20H2,(H,21,23). The average Bonchev–Trinajstić information content (AvgIpc) is 2.63. The van der Waals surface area contributed by atoms with Crippen LogP contribution >= 0.6 is 11.6 Å². The van der Waals surface area contributed by atoms with Gasteiger partial charge in [-0.3, -0.25) is 10.2 Å². The van der Waals surface area contributed by atoms with Gasteiger partial charge in [0.05, 0.1) is 10.6 Å². The molecule has 25 heavy (non-hydrogen) atoms. The Kier molecular flexibility index (Phi) is 6.40. The van der Waals surface area contributed by atoms with Crippen LogP contribution in [0.25, 0.3) is 0 Å². The summed E-state index contributed by atoms with van der Waals surface area (Å²) in [5.74, 6) is 9.62. The number of rotatable bonds is 4. The molecule has 2 aromatic carbocycles. The van der Waals surface area contributed by atoms with Crippen LogP contribution in [0.15, 0.2) is 42.5 Å². The number of esters is 1. The van der Waals surface area contributed by atoms with Crippen LogP contribution in [0.4, 0.5) is 0 Å². The zero-order valence-corrected chi connectivity index (χ0v) is 13.8. The maximum absolute atomic E-state index is 11.8. The summed E-state index contributed by atoms with van der Waals surface area (Å²) in [5, 5.41) is 9.38. The minimum absolute atomic E-state index is 0.0645. The van der Waals surface area contributed by atoms with Crippen LogP contribution < -0.4 is 11.3 Å². The summed E-state index contributed by atoms with van der Waals surface area (Å²) in [6.45, 7) is -0.0645. The van der Waals surface area contributed by atoms with Crippen molar-refractivity contribution in [3.05, 3.63) is 64.2 Å². The Balaban J connectivity index is 1.83. The van der Waals surface area contributed by atoms with Crippen LogP contribution in [-0.2, 0) is 11.2 Å². The number of phenols is 1. The molecule has 0 aliphatic carbocycles. The third-order valence-corrected chi connectivity index (χ3v) is 3.53. The molecule has 2 aromatic rings. The molecule has 0 saturated heterocycles. The van der Waals surface area contributed by atoms with E-state index in [1.807, 2.05) is 0 Å². The quantitative estimate of drug-likeness (QED) is 0.255. The highest BCUT2D eigenvalue weighted by molar-refractivity contribution is 6.32. The predicted octanol–water partition coefficient (Wildman–Crippen LogP) is 2.05. The normalized spacial score (nSPS) is 9.68. The summed E-state index contributed by atoms with van der Waals surface area (Å²) >= 11 is 5.73. The number of hydrogen-bond acceptors (Lipinski definition) is 5. The van der Waals surface area contributed by atoms with Crippen molar-refractivity contribution < 1.29 is 19.4 Å². The van der Waals surface area contributed by atoms with Crippen molar-refractivity contribution in [2.75, 3.05) is 6.61 Å². The summed E-state index contributed by atoms with van der Waals surface area (Å²) in [7, 11) is 0. The van der Waals surface area contributed by atoms with E-state index in [1.165, 1.54) is 18.2 Å². The largest absolute Gasteiger partial charge is 0.506 e. The number of hydrazine groups is 1. The number of halogens is 1. The number of hydrogen-bond donors (Lipinski definition) is 3. The van der Waals surface area contributed by atoms with Crippen LogP contribution in [0, 0.1) is 11.8 Å². The van der Waals surface area contributed by atoms with E-state index in [1.54, 1.807) is 24.3 Å². The first kappa shape index (κ1) is 18.3. The van der Waals surface area contributed by atoms with Gasteiger partial charge >= 0.3 is 5.97 Å². The van der Waals surface area contributed by atoms with Crippen molar-refractivity contribution in [3.8, 4) is 17.6 Å². The zero-order chi connectivity index (χ0) is 18.2. The van der Waals surface area contributed by atoms with Crippen molar-refractivity contribution in [1.82, 2.24) is 5.43 Å². The molecule has 1 amide bonds. The maximum atomic E-state index is 11.8. The summed E-state index contributed by atoms with van der Waals surface area (Å²) in [6, 6.07) is 10.9. The molecule has 2 rings (SSSR count). The number of phenolic OH excluding ortho intramolecular Hbond substituents is 1. The number of carbonyl (C=O) groups excluding carboxylic acids is 2. The molecule has 0 radical (unpaired) electrons. The first-order chi connectivity index (χ1) is 12.0. The maximum Gasteiger partial charge on any atom is 0.339 e. The number of amides is 1. The van der Waals surface area contributed by atoms with Crippen molar-refractivity contribution >= 4 is 23.5 Å². The molecule has 0 unspecified atom stereocenters. The van der Waals surface area contributed by atoms with Gasteiger partial charge in [-0.05, 0) is 35.9 Å². The molecule has 0 bridgehead atoms. The molecule has 4 N–H and O–H groups in total. The number of nitrogen functional groups attached to an aromatic ring is 1. The SMILES string of the molecule is NNC(=O)c1ccc(CC#CCOC(=O)c2ccc(O)c(Cl)c2)cc1. The molecular formula is C18H15ClN2O4. The first-order valence-electron chi connectivity index (χ1n) is 7.22. The van der Waals surface area contributed by atoms with Crippen LogP contribution in [-0.4, -0.2) is 23.6 Å². The van der Waals surface area contributed by atoms with Crippen molar-refractivity contribution in [1.29, 1.82) is 0 Å². The molecule has 0 aliphatic heterocycles. The fraction of sp³-hybridized carbons (Fsp3) is 0.111. The number of benzene rings is 2. The van der Waals surface area contributed by atoms with E-state index >= 15 is 0 Å². The van der Waals surface area contributed by atoms with E-state index in [4.69, 9.17) is 22.2 Å². The molecule has 7 heteroatoms. The Labute approximate surface area is 149 Å². The minimum atomic E-state index is -0.576. The Morgan fingerprint density at radius 1 is 1.12 bits per heavy atom. The fourth-order valence-corrected chi connectivity index (χ4v) is 2.07. The Morgan fingerprint density at radius 2 is 1.80 bits per heavy atom. The highest BCUT2D eigenvalue weighted by Gasteiger charge is 2.08. The highest BCUT2D eigenvalue weighted by atomic mass is 35.5. The van der Waals surface area contributed by atoms with Gasteiger partial charge < -0.3 is 9.84 Å². The molecule has 0 saturated carbocycles. The molecule has 6 nitrogen and oxygen atoms in total. The minimum Gasteiger partial charge on any atom is -0.506 e. The fourth-order valence-electron chi connectivity index (χ4n) is 1.89. The zero-order valence-electron chi connectivity index (χ0n) is 13.1. The third kappa shape index (κ3) is 5.24. The van der Waals surface area contributed by atoms with Gasteiger partial charge in [0.2, 0.25) is 0 Å². The number of ether oxygens (including phenoxy) is 1. The summed E-state index contributed by atoms with van der Waals surface area (Å²) in [5.41, 5.74) is 3.66. The average molecular weight is 359 g/mol. The lowest BCUT2D eigenvalue weighted by Crippen LogP contribution is -2.29. The second kappa shape index (κ2) is 8.73. The molecule has 0 atom stereocenters. The van der Waals surface area contributed by atoms with Gasteiger partial charge in [0, 0.05) is 12.0 Å². The molecule has 128 valence electrons. The molecule has 0 aliphatic rings. The van der Waals surface area contributed by atoms with E-state index in [0.717, 1.165) is 5.56 Å². The van der Waals surface area contributed by atoms with Crippen molar-refractivity contribution in [2.45, 2.75) is 6.42 Å². The molecule has 0 spiro atoms. The summed E-state index contributed by atoms with van der Waals surface area (Å²) in [4.78, 5) is 23.1. The van der Waals surface area contributed by atoms with Gasteiger partial charge in [0.15, 0.2) is 6.61 Å². The van der Waals surface area contributed by atoms with Gasteiger partial charge in [0.1, 0.15) is 5.75 Å². The van der Waals surface area contributed by atoms with Gasteiger partial charge in [-0.25, -0.2) is 10.6 Å². The number of nitrogens with one attached hydrogen (secondary N) is 1. The molecule has 0 heterocycles. The van der Waals surface area contributed by atoms with Gasteiger partial charge in [-0.2, -0.15) is 0 Å². The molecule has 0 aromatic heterocycles. The van der Waals surface area contributed by atoms with Crippen LogP contribution in [0.5, 0.6) is 5.75 Å². The number of nitrogens with two attached hydrogens (primary N) is 1. The summed E-state index contributed by atoms with van der Waals surface area (Å²) in [6.07, 6.45) is 0.452. The Bertz CT molecular complexity index is 838. The van der Waals surface area contributed by atoms with Crippen LogP contribution in [0.1, 0.15) is 26.3 Å². The van der Waals surface area contributed by atoms with E-state index < -0.39 is 5.97 Å². The molecular weight excluding hydrogens is 344 g/mol. The lowest BCUT2D eigenvalue weighted by atomic mass is 10.1. The first-order valence-corrected chi connectivity index (χ1v) is 7.60. The second-order valence-corrected chi connectivity index (χ2v) is 5.35. The Hall–Kier alpha value is -3.01. The smallest absolute Gasteiger partial charge is 0.339 e. The van der Waals surface area contributed by atoms with Gasteiger partial charge in [-0.1, -0.05) is 35.6 Å². The van der Waals surface area contributed by atoms with E-state index in [9.17, 15) is 14.7 Å². The lowest BCUT2D eigenvalue weighted by molar-refractivity contribution is 0.0556. The van der Waals surface area contributed by atoms with Crippen LogP contribution in [0.3, 0.4) is 0 Å². The van der Waals surface area contributed by atoms with E-state index in [0.29, 0.717) is 12.0 Å². The van der Waals surface area contributed by atoms with Gasteiger partial charge in [-0.15, -0.1) is 0 Å². The van der Waals surface area contributed by atoms with E-state index in [-0.39, 0.29) is 28.8 Å². The third-order valence-electron chi connectivity index (χ3n) is 3.22. The monoisotopic (exact) mass is 358 g/mol. The topological polar surface area (TPSA) is 102 Å². The Morgan fingerprint density at radius 3 is 2.44 bits per heavy atom. The highest BCUT2D eigenvalue weighted by Crippen LogP contribution is 2.23. The lowest BCUT2D eigenvalue weighted by Gasteiger charge is -2.02.